The zero-order valence-corrected chi connectivity index (χ0v) is 15.0. The van der Waals surface area contributed by atoms with Crippen molar-refractivity contribution in [1.29, 1.82) is 0 Å². The Morgan fingerprint density at radius 1 is 1.00 bits per heavy atom. The molecule has 0 aromatic heterocycles. The van der Waals surface area contributed by atoms with E-state index in [0.717, 1.165) is 5.56 Å². The van der Waals surface area contributed by atoms with Gasteiger partial charge in [-0.25, -0.2) is 13.4 Å². The maximum Gasteiger partial charge on any atom is 0.205 e. The SMILES string of the molecule is COc1ccc([C@H]2OC=N[C@@H]2S(=O)(=O)c2ccc(C)cc2)cc1OC. The summed E-state index contributed by atoms with van der Waals surface area (Å²) in [5.74, 6) is 1.06. The Labute approximate surface area is 147 Å². The lowest BCUT2D eigenvalue weighted by molar-refractivity contribution is 0.226. The minimum atomic E-state index is -3.68. The summed E-state index contributed by atoms with van der Waals surface area (Å²) < 4.78 is 41.9. The van der Waals surface area contributed by atoms with Gasteiger partial charge in [0.05, 0.1) is 19.1 Å². The molecule has 2 atom stereocenters. The fraction of sp³-hybridized carbons (Fsp3) is 0.278. The van der Waals surface area contributed by atoms with Crippen LogP contribution in [0, 0.1) is 6.92 Å². The molecule has 0 saturated carbocycles. The molecule has 0 fully saturated rings. The highest BCUT2D eigenvalue weighted by Crippen LogP contribution is 2.37. The molecule has 0 unspecified atom stereocenters. The van der Waals surface area contributed by atoms with Crippen LogP contribution in [0.15, 0.2) is 52.4 Å². The number of sulfone groups is 1. The Balaban J connectivity index is 1.97. The van der Waals surface area contributed by atoms with E-state index < -0.39 is 21.3 Å². The first kappa shape index (κ1) is 17.3. The fourth-order valence-corrected chi connectivity index (χ4v) is 4.24. The number of aliphatic imine (C=N–C) groups is 1. The predicted molar refractivity (Wildman–Crippen MR) is 94.0 cm³/mol. The van der Waals surface area contributed by atoms with Gasteiger partial charge in [0.15, 0.2) is 29.4 Å². The van der Waals surface area contributed by atoms with E-state index in [1.54, 1.807) is 42.5 Å². The lowest BCUT2D eigenvalue weighted by Gasteiger charge is -2.19. The third-order valence-electron chi connectivity index (χ3n) is 4.08. The lowest BCUT2D eigenvalue weighted by Crippen LogP contribution is -2.24. The Hall–Kier alpha value is -2.54. The van der Waals surface area contributed by atoms with Gasteiger partial charge in [0, 0.05) is 0 Å². The lowest BCUT2D eigenvalue weighted by atomic mass is 10.1. The Morgan fingerprint density at radius 2 is 1.68 bits per heavy atom. The number of hydrogen-bond acceptors (Lipinski definition) is 6. The third-order valence-corrected chi connectivity index (χ3v) is 6.01. The molecule has 2 aromatic rings. The maximum absolute atomic E-state index is 13.0. The second kappa shape index (κ2) is 6.76. The summed E-state index contributed by atoms with van der Waals surface area (Å²) in [6, 6.07) is 11.9. The summed E-state index contributed by atoms with van der Waals surface area (Å²) in [5.41, 5.74) is 1.64. The maximum atomic E-state index is 13.0. The van der Waals surface area contributed by atoms with Crippen LogP contribution in [0.4, 0.5) is 0 Å². The van der Waals surface area contributed by atoms with Gasteiger partial charge in [0.1, 0.15) is 0 Å². The summed E-state index contributed by atoms with van der Waals surface area (Å²) in [6.45, 7) is 1.90. The first-order valence-electron chi connectivity index (χ1n) is 7.67. The van der Waals surface area contributed by atoms with Crippen LogP contribution >= 0.6 is 0 Å². The molecule has 0 aliphatic carbocycles. The van der Waals surface area contributed by atoms with E-state index >= 15 is 0 Å². The van der Waals surface area contributed by atoms with Crippen molar-refractivity contribution < 1.29 is 22.6 Å². The molecule has 2 aromatic carbocycles. The van der Waals surface area contributed by atoms with Crippen molar-refractivity contribution in [2.24, 2.45) is 4.99 Å². The number of rotatable bonds is 5. The van der Waals surface area contributed by atoms with E-state index in [1.165, 1.54) is 20.6 Å². The highest BCUT2D eigenvalue weighted by atomic mass is 32.2. The molecule has 0 bridgehead atoms. The largest absolute Gasteiger partial charge is 0.493 e. The molecular weight excluding hydrogens is 342 g/mol. The zero-order valence-electron chi connectivity index (χ0n) is 14.2. The Bertz CT molecular complexity index is 890. The smallest absolute Gasteiger partial charge is 0.205 e. The van der Waals surface area contributed by atoms with Crippen molar-refractivity contribution in [3.05, 3.63) is 53.6 Å². The number of ether oxygens (including phenoxy) is 3. The van der Waals surface area contributed by atoms with Crippen molar-refractivity contribution >= 4 is 16.2 Å². The summed E-state index contributed by atoms with van der Waals surface area (Å²) >= 11 is 0. The molecule has 7 heteroatoms. The van der Waals surface area contributed by atoms with Gasteiger partial charge in [0.25, 0.3) is 0 Å². The molecule has 3 rings (SSSR count). The zero-order chi connectivity index (χ0) is 18.0. The van der Waals surface area contributed by atoms with Gasteiger partial charge in [-0.2, -0.15) is 0 Å². The molecule has 0 radical (unpaired) electrons. The van der Waals surface area contributed by atoms with Gasteiger partial charge in [-0.1, -0.05) is 23.8 Å². The molecule has 132 valence electrons. The van der Waals surface area contributed by atoms with Gasteiger partial charge < -0.3 is 14.2 Å². The van der Waals surface area contributed by atoms with Crippen LogP contribution in [0.5, 0.6) is 11.5 Å². The topological polar surface area (TPSA) is 74.2 Å². The van der Waals surface area contributed by atoms with Gasteiger partial charge in [-0.15, -0.1) is 0 Å². The van der Waals surface area contributed by atoms with E-state index in [9.17, 15) is 8.42 Å². The Morgan fingerprint density at radius 3 is 2.32 bits per heavy atom. The molecular formula is C18H19NO5S. The number of methoxy groups -OCH3 is 2. The highest BCUT2D eigenvalue weighted by Gasteiger charge is 2.39. The first-order valence-corrected chi connectivity index (χ1v) is 9.21. The molecule has 1 aliphatic rings. The molecule has 6 nitrogen and oxygen atoms in total. The van der Waals surface area contributed by atoms with Gasteiger partial charge in [-0.3, -0.25) is 0 Å². The summed E-state index contributed by atoms with van der Waals surface area (Å²) in [7, 11) is -0.622. The van der Waals surface area contributed by atoms with Crippen molar-refractivity contribution in [3.63, 3.8) is 0 Å². The van der Waals surface area contributed by atoms with E-state index in [4.69, 9.17) is 14.2 Å². The van der Waals surface area contributed by atoms with E-state index in [1.807, 2.05) is 6.92 Å². The third kappa shape index (κ3) is 3.19. The molecule has 0 saturated heterocycles. The van der Waals surface area contributed by atoms with Crippen LogP contribution in [-0.2, 0) is 14.6 Å². The first-order chi connectivity index (χ1) is 12.0. The highest BCUT2D eigenvalue weighted by molar-refractivity contribution is 7.92. The van der Waals surface area contributed by atoms with Crippen molar-refractivity contribution in [3.8, 4) is 11.5 Å². The predicted octanol–water partition coefficient (Wildman–Crippen LogP) is 2.91. The normalized spacial score (nSPS) is 19.5. The van der Waals surface area contributed by atoms with Crippen molar-refractivity contribution in [2.75, 3.05) is 14.2 Å². The summed E-state index contributed by atoms with van der Waals surface area (Å²) in [6.07, 6.45) is 0.448. The number of benzene rings is 2. The van der Waals surface area contributed by atoms with Crippen LogP contribution < -0.4 is 9.47 Å². The quantitative estimate of drug-likeness (QED) is 0.819. The van der Waals surface area contributed by atoms with E-state index in [-0.39, 0.29) is 4.90 Å². The molecule has 0 N–H and O–H groups in total. The molecule has 1 heterocycles. The number of nitrogens with zero attached hydrogens (tertiary/aromatic N) is 1. The Kier molecular flexibility index (Phi) is 4.67. The van der Waals surface area contributed by atoms with E-state index in [2.05, 4.69) is 4.99 Å². The van der Waals surface area contributed by atoms with Crippen LogP contribution in [0.2, 0.25) is 0 Å². The van der Waals surface area contributed by atoms with E-state index in [0.29, 0.717) is 17.1 Å². The molecule has 1 aliphatic heterocycles. The number of hydrogen-bond donors (Lipinski definition) is 0. The molecule has 0 amide bonds. The van der Waals surface area contributed by atoms with Crippen LogP contribution in [-0.4, -0.2) is 34.4 Å². The van der Waals surface area contributed by atoms with Crippen molar-refractivity contribution in [2.45, 2.75) is 23.3 Å². The van der Waals surface area contributed by atoms with Crippen LogP contribution in [0.25, 0.3) is 0 Å². The minimum Gasteiger partial charge on any atom is -0.493 e. The average molecular weight is 361 g/mol. The summed E-state index contributed by atoms with van der Waals surface area (Å²) in [4.78, 5) is 4.27. The van der Waals surface area contributed by atoms with Gasteiger partial charge >= 0.3 is 0 Å². The van der Waals surface area contributed by atoms with Crippen molar-refractivity contribution in [1.82, 2.24) is 0 Å². The molecule has 0 spiro atoms. The second-order valence-electron chi connectivity index (χ2n) is 5.67. The van der Waals surface area contributed by atoms with Gasteiger partial charge in [0.2, 0.25) is 9.84 Å². The monoisotopic (exact) mass is 361 g/mol. The average Bonchev–Trinajstić information content (AvgIpc) is 3.12. The minimum absolute atomic E-state index is 0.219. The standard InChI is InChI=1S/C18H19NO5S/c1-12-4-7-14(8-5-12)25(20,21)18-17(24-11-19-18)13-6-9-15(22-2)16(10-13)23-3/h4-11,17-18H,1-3H3/t17-,18-/m1/s1. The second-order valence-corrected chi connectivity index (χ2v) is 7.72. The van der Waals surface area contributed by atoms with Crippen LogP contribution in [0.3, 0.4) is 0 Å². The summed E-state index contributed by atoms with van der Waals surface area (Å²) in [5, 5.41) is -1.05. The molecule has 25 heavy (non-hydrogen) atoms. The van der Waals surface area contributed by atoms with Crippen LogP contribution in [0.1, 0.15) is 17.2 Å². The van der Waals surface area contributed by atoms with Gasteiger partial charge in [-0.05, 0) is 36.8 Å². The number of aryl methyl sites for hydroxylation is 1. The fourth-order valence-electron chi connectivity index (χ4n) is 2.69.